The fourth-order valence-corrected chi connectivity index (χ4v) is 5.32. The van der Waals surface area contributed by atoms with Crippen molar-refractivity contribution in [1.29, 1.82) is 0 Å². The zero-order valence-corrected chi connectivity index (χ0v) is 16.6. The zero-order chi connectivity index (χ0) is 17.9. The first kappa shape index (κ1) is 18.2. The van der Waals surface area contributed by atoms with Gasteiger partial charge in [-0.05, 0) is 83.5 Å². The van der Waals surface area contributed by atoms with E-state index in [4.69, 9.17) is 0 Å². The van der Waals surface area contributed by atoms with Crippen molar-refractivity contribution in [3.8, 4) is 0 Å². The fraction of sp³-hybridized carbons (Fsp3) is 0.810. The van der Waals surface area contributed by atoms with Crippen molar-refractivity contribution in [2.75, 3.05) is 44.2 Å². The van der Waals surface area contributed by atoms with Crippen LogP contribution in [0.1, 0.15) is 46.0 Å². The van der Waals surface area contributed by atoms with Gasteiger partial charge in [0, 0.05) is 44.1 Å². The van der Waals surface area contributed by atoms with E-state index in [1.807, 2.05) is 18.5 Å². The van der Waals surface area contributed by atoms with Crippen LogP contribution in [0.4, 0.5) is 5.95 Å². The van der Waals surface area contributed by atoms with Gasteiger partial charge in [-0.2, -0.15) is 0 Å². The highest BCUT2D eigenvalue weighted by Gasteiger charge is 2.35. The monoisotopic (exact) mass is 357 g/mol. The highest BCUT2D eigenvalue weighted by Crippen LogP contribution is 2.34. The van der Waals surface area contributed by atoms with Crippen molar-refractivity contribution < 1.29 is 0 Å². The molecule has 3 aliphatic rings. The molecule has 0 unspecified atom stereocenters. The summed E-state index contributed by atoms with van der Waals surface area (Å²) < 4.78 is 0. The molecule has 26 heavy (non-hydrogen) atoms. The Labute approximate surface area is 158 Å². The lowest BCUT2D eigenvalue weighted by Gasteiger charge is -2.39. The third-order valence-electron chi connectivity index (χ3n) is 7.04. The van der Waals surface area contributed by atoms with Gasteiger partial charge in [0.05, 0.1) is 0 Å². The highest BCUT2D eigenvalue weighted by molar-refractivity contribution is 5.28. The number of hydrogen-bond donors (Lipinski definition) is 0. The quantitative estimate of drug-likeness (QED) is 0.828. The summed E-state index contributed by atoms with van der Waals surface area (Å²) in [5.41, 5.74) is 0. The van der Waals surface area contributed by atoms with Crippen molar-refractivity contribution in [3.63, 3.8) is 0 Å². The second-order valence-corrected chi connectivity index (χ2v) is 8.78. The molecule has 5 heteroatoms. The Bertz CT molecular complexity index is 547. The van der Waals surface area contributed by atoms with Crippen LogP contribution in [-0.4, -0.2) is 71.1 Å². The Kier molecular flexibility index (Phi) is 5.75. The second kappa shape index (κ2) is 8.22. The molecule has 0 saturated carbocycles. The van der Waals surface area contributed by atoms with Crippen LogP contribution in [-0.2, 0) is 0 Å². The summed E-state index contributed by atoms with van der Waals surface area (Å²) in [7, 11) is 0. The van der Waals surface area contributed by atoms with E-state index in [-0.39, 0.29) is 0 Å². The number of aromatic nitrogens is 2. The minimum Gasteiger partial charge on any atom is -0.341 e. The summed E-state index contributed by atoms with van der Waals surface area (Å²) in [6.07, 6.45) is 10.5. The highest BCUT2D eigenvalue weighted by atomic mass is 15.3. The molecule has 4 rings (SSSR count). The normalized spacial score (nSPS) is 27.5. The minimum atomic E-state index is 0.709. The third kappa shape index (κ3) is 4.04. The maximum Gasteiger partial charge on any atom is 0.225 e. The molecule has 3 saturated heterocycles. The number of likely N-dealkylation sites (tertiary alicyclic amines) is 2. The number of hydrogen-bond acceptors (Lipinski definition) is 5. The first-order valence-corrected chi connectivity index (χ1v) is 10.7. The predicted molar refractivity (Wildman–Crippen MR) is 106 cm³/mol. The maximum atomic E-state index is 4.42. The zero-order valence-electron chi connectivity index (χ0n) is 16.6. The molecule has 1 atom stereocenters. The average Bonchev–Trinajstić information content (AvgIpc) is 3.19. The average molecular weight is 358 g/mol. The summed E-state index contributed by atoms with van der Waals surface area (Å²) >= 11 is 0. The van der Waals surface area contributed by atoms with Gasteiger partial charge in [-0.15, -0.1) is 0 Å². The Hall–Kier alpha value is -1.20. The molecule has 144 valence electrons. The summed E-state index contributed by atoms with van der Waals surface area (Å²) in [6, 6.07) is 3.45. The lowest BCUT2D eigenvalue weighted by atomic mass is 9.84. The summed E-state index contributed by atoms with van der Waals surface area (Å²) in [5.74, 6) is 2.73. The van der Waals surface area contributed by atoms with Crippen LogP contribution in [0.15, 0.2) is 18.5 Å². The molecule has 0 aliphatic carbocycles. The molecular weight excluding hydrogens is 322 g/mol. The van der Waals surface area contributed by atoms with Gasteiger partial charge in [0.2, 0.25) is 5.95 Å². The molecule has 0 aromatic carbocycles. The van der Waals surface area contributed by atoms with Gasteiger partial charge in [0.1, 0.15) is 0 Å². The van der Waals surface area contributed by atoms with Gasteiger partial charge in [0.15, 0.2) is 0 Å². The molecule has 0 radical (unpaired) electrons. The summed E-state index contributed by atoms with van der Waals surface area (Å²) in [4.78, 5) is 16.7. The van der Waals surface area contributed by atoms with E-state index in [1.165, 1.54) is 58.3 Å². The van der Waals surface area contributed by atoms with Crippen molar-refractivity contribution >= 4 is 5.95 Å². The number of nitrogens with zero attached hydrogens (tertiary/aromatic N) is 5. The molecular formula is C21H35N5. The molecule has 0 amide bonds. The number of rotatable bonds is 4. The van der Waals surface area contributed by atoms with Crippen LogP contribution in [0, 0.1) is 11.8 Å². The van der Waals surface area contributed by atoms with Crippen LogP contribution < -0.4 is 4.90 Å². The first-order valence-electron chi connectivity index (χ1n) is 10.7. The smallest absolute Gasteiger partial charge is 0.225 e. The largest absolute Gasteiger partial charge is 0.341 e. The molecule has 4 heterocycles. The van der Waals surface area contributed by atoms with Crippen molar-refractivity contribution in [1.82, 2.24) is 19.8 Å². The number of piperidine rings is 2. The van der Waals surface area contributed by atoms with Gasteiger partial charge in [-0.3, -0.25) is 4.90 Å². The molecule has 3 aliphatic heterocycles. The standard InChI is InChI=1S/C21H35N5/c1-17(2)24-14-7-20(8-15-24)26-13-6-19(16-26)18-4-11-25(12-5-18)21-22-9-3-10-23-21/h3,9-10,17-20H,4-8,11-16H2,1-2H3/t19-/m1/s1. The van der Waals surface area contributed by atoms with Gasteiger partial charge < -0.3 is 9.80 Å². The molecule has 0 N–H and O–H groups in total. The van der Waals surface area contributed by atoms with Crippen LogP contribution in [0.5, 0.6) is 0 Å². The third-order valence-corrected chi connectivity index (χ3v) is 7.04. The van der Waals surface area contributed by atoms with E-state index in [1.54, 1.807) is 0 Å². The van der Waals surface area contributed by atoms with Gasteiger partial charge >= 0.3 is 0 Å². The Balaban J connectivity index is 1.24. The van der Waals surface area contributed by atoms with E-state index in [0.717, 1.165) is 36.9 Å². The van der Waals surface area contributed by atoms with Gasteiger partial charge in [-0.25, -0.2) is 9.97 Å². The molecule has 3 fully saturated rings. The fourth-order valence-electron chi connectivity index (χ4n) is 5.32. The van der Waals surface area contributed by atoms with E-state index in [0.29, 0.717) is 6.04 Å². The lowest BCUT2D eigenvalue weighted by Crippen LogP contribution is -2.46. The van der Waals surface area contributed by atoms with Crippen molar-refractivity contribution in [3.05, 3.63) is 18.5 Å². The van der Waals surface area contributed by atoms with Crippen LogP contribution in [0.3, 0.4) is 0 Å². The van der Waals surface area contributed by atoms with Crippen molar-refractivity contribution in [2.45, 2.75) is 58.0 Å². The van der Waals surface area contributed by atoms with E-state index in [9.17, 15) is 0 Å². The molecule has 0 spiro atoms. The molecule has 0 bridgehead atoms. The minimum absolute atomic E-state index is 0.709. The van der Waals surface area contributed by atoms with E-state index in [2.05, 4.69) is 38.5 Å². The van der Waals surface area contributed by atoms with E-state index >= 15 is 0 Å². The van der Waals surface area contributed by atoms with Crippen molar-refractivity contribution in [2.24, 2.45) is 11.8 Å². The van der Waals surface area contributed by atoms with Gasteiger partial charge in [-0.1, -0.05) is 0 Å². The Morgan fingerprint density at radius 1 is 0.846 bits per heavy atom. The van der Waals surface area contributed by atoms with Crippen LogP contribution in [0.25, 0.3) is 0 Å². The number of anilines is 1. The van der Waals surface area contributed by atoms with E-state index < -0.39 is 0 Å². The maximum absolute atomic E-state index is 4.42. The molecule has 1 aromatic heterocycles. The summed E-state index contributed by atoms with van der Waals surface area (Å²) in [6.45, 7) is 12.2. The topological polar surface area (TPSA) is 35.5 Å². The van der Waals surface area contributed by atoms with Crippen LogP contribution >= 0.6 is 0 Å². The van der Waals surface area contributed by atoms with Gasteiger partial charge in [0.25, 0.3) is 0 Å². The Morgan fingerprint density at radius 2 is 1.50 bits per heavy atom. The lowest BCUT2D eigenvalue weighted by molar-refractivity contribution is 0.102. The molecule has 1 aromatic rings. The SMILES string of the molecule is CC(C)N1CCC(N2CC[C@@H](C3CCN(c4ncccn4)CC3)C2)CC1. The van der Waals surface area contributed by atoms with Crippen LogP contribution in [0.2, 0.25) is 0 Å². The molecule has 5 nitrogen and oxygen atoms in total. The summed E-state index contributed by atoms with van der Waals surface area (Å²) in [5, 5.41) is 0. The predicted octanol–water partition coefficient (Wildman–Crippen LogP) is 2.89. The first-order chi connectivity index (χ1) is 12.7. The second-order valence-electron chi connectivity index (χ2n) is 8.78. The Morgan fingerprint density at radius 3 is 2.15 bits per heavy atom.